The van der Waals surface area contributed by atoms with E-state index in [1.807, 2.05) is 6.92 Å². The van der Waals surface area contributed by atoms with Crippen molar-refractivity contribution in [1.29, 1.82) is 5.26 Å². The van der Waals surface area contributed by atoms with Gasteiger partial charge in [-0.25, -0.2) is 8.78 Å². The van der Waals surface area contributed by atoms with Crippen LogP contribution in [-0.2, 0) is 9.59 Å². The first-order chi connectivity index (χ1) is 14.8. The second kappa shape index (κ2) is 8.88. The maximum Gasteiger partial charge on any atom is 0.247 e. The van der Waals surface area contributed by atoms with Gasteiger partial charge in [0, 0.05) is 41.3 Å². The predicted octanol–water partition coefficient (Wildman–Crippen LogP) is 3.75. The lowest BCUT2D eigenvalue weighted by Gasteiger charge is -2.45. The Hall–Kier alpha value is -1.97. The Labute approximate surface area is 183 Å². The van der Waals surface area contributed by atoms with Crippen LogP contribution in [0.25, 0.3) is 0 Å². The lowest BCUT2D eigenvalue weighted by atomic mass is 9.66. The molecule has 5 nitrogen and oxygen atoms in total. The molecule has 3 fully saturated rings. The van der Waals surface area contributed by atoms with Gasteiger partial charge in [0.25, 0.3) is 0 Å². The zero-order chi connectivity index (χ0) is 22.3. The summed E-state index contributed by atoms with van der Waals surface area (Å²) in [5.41, 5.74) is 1.30. The highest BCUT2D eigenvalue weighted by molar-refractivity contribution is 6.00. The van der Waals surface area contributed by atoms with Crippen molar-refractivity contribution in [1.82, 2.24) is 10.6 Å². The highest BCUT2D eigenvalue weighted by Crippen LogP contribution is 2.51. The fourth-order valence-electron chi connectivity index (χ4n) is 6.27. The van der Waals surface area contributed by atoms with Crippen molar-refractivity contribution < 1.29 is 18.4 Å². The SMILES string of the molecule is CC1=C(CC(=O)N[C@@H](C)C2CCC(C#N)CC2F)C(=O)NC2CCC(F)C(C3CC3)C12. The number of hydrogen-bond donors (Lipinski definition) is 2. The van der Waals surface area contributed by atoms with Crippen LogP contribution in [0.2, 0.25) is 0 Å². The Morgan fingerprint density at radius 1 is 1.19 bits per heavy atom. The molecule has 2 N–H and O–H groups in total. The van der Waals surface area contributed by atoms with Crippen LogP contribution in [0.5, 0.6) is 0 Å². The molecule has 170 valence electrons. The molecule has 4 rings (SSSR count). The number of hydrogen-bond acceptors (Lipinski definition) is 3. The molecule has 0 bridgehead atoms. The van der Waals surface area contributed by atoms with Gasteiger partial charge in [-0.2, -0.15) is 5.26 Å². The van der Waals surface area contributed by atoms with E-state index in [0.717, 1.165) is 18.4 Å². The van der Waals surface area contributed by atoms with E-state index in [4.69, 9.17) is 5.26 Å². The zero-order valence-corrected chi connectivity index (χ0v) is 18.4. The summed E-state index contributed by atoms with van der Waals surface area (Å²) < 4.78 is 29.3. The average molecular weight is 434 g/mol. The summed E-state index contributed by atoms with van der Waals surface area (Å²) in [6, 6.07) is 1.72. The van der Waals surface area contributed by atoms with Crippen LogP contribution in [-0.4, -0.2) is 36.2 Å². The third kappa shape index (κ3) is 4.49. The predicted molar refractivity (Wildman–Crippen MR) is 112 cm³/mol. The summed E-state index contributed by atoms with van der Waals surface area (Å²) in [5, 5.41) is 14.9. The standard InChI is InChI=1S/C24H33F2N3O2/c1-12-17(10-21(30)28-13(2)16-6-3-14(11-27)9-19(16)26)24(31)29-20-8-7-18(25)23(22(12)20)15-4-5-15/h13-16,18-20,22-23H,3-10H2,1-2H3,(H,28,30)(H,29,31)/t13-,14?,16?,18?,19?,20?,22?,23?/m0/s1. The van der Waals surface area contributed by atoms with Gasteiger partial charge >= 0.3 is 0 Å². The van der Waals surface area contributed by atoms with Crippen LogP contribution in [0, 0.1) is 40.9 Å². The van der Waals surface area contributed by atoms with Gasteiger partial charge in [-0.3, -0.25) is 9.59 Å². The number of carbonyl (C=O) groups is 2. The summed E-state index contributed by atoms with van der Waals surface area (Å²) in [5.74, 6) is -0.836. The minimum Gasteiger partial charge on any atom is -0.353 e. The van der Waals surface area contributed by atoms with Gasteiger partial charge in [0.2, 0.25) is 11.8 Å². The van der Waals surface area contributed by atoms with Crippen molar-refractivity contribution in [2.24, 2.45) is 29.6 Å². The van der Waals surface area contributed by atoms with Crippen molar-refractivity contribution in [3.63, 3.8) is 0 Å². The van der Waals surface area contributed by atoms with Crippen LogP contribution in [0.15, 0.2) is 11.1 Å². The number of nitrogens with one attached hydrogen (secondary N) is 2. The van der Waals surface area contributed by atoms with E-state index in [-0.39, 0.29) is 60.4 Å². The molecule has 3 saturated carbocycles. The van der Waals surface area contributed by atoms with Crippen molar-refractivity contribution in [2.75, 3.05) is 0 Å². The molecule has 7 unspecified atom stereocenters. The average Bonchev–Trinajstić information content (AvgIpc) is 3.56. The van der Waals surface area contributed by atoms with E-state index >= 15 is 0 Å². The minimum atomic E-state index is -1.11. The third-order valence-electron chi connectivity index (χ3n) is 8.13. The van der Waals surface area contributed by atoms with E-state index in [1.165, 1.54) is 0 Å². The molecule has 7 heteroatoms. The molecule has 0 saturated heterocycles. The monoisotopic (exact) mass is 433 g/mol. The molecule has 0 spiro atoms. The number of nitrogens with zero attached hydrogens (tertiary/aromatic N) is 1. The molecule has 1 aliphatic heterocycles. The number of rotatable bonds is 5. The summed E-state index contributed by atoms with van der Waals surface area (Å²) in [6.07, 6.45) is 2.60. The van der Waals surface area contributed by atoms with Crippen LogP contribution >= 0.6 is 0 Å². The molecule has 31 heavy (non-hydrogen) atoms. The zero-order valence-electron chi connectivity index (χ0n) is 18.4. The van der Waals surface area contributed by atoms with E-state index in [9.17, 15) is 18.4 Å². The topological polar surface area (TPSA) is 82.0 Å². The first-order valence-electron chi connectivity index (χ1n) is 11.8. The Kier molecular flexibility index (Phi) is 6.37. The van der Waals surface area contributed by atoms with Crippen LogP contribution in [0.1, 0.15) is 65.2 Å². The molecule has 3 aliphatic carbocycles. The van der Waals surface area contributed by atoms with Gasteiger partial charge in [0.05, 0.1) is 12.5 Å². The molecular weight excluding hydrogens is 400 g/mol. The molecule has 0 aromatic rings. The minimum absolute atomic E-state index is 0.0364. The Morgan fingerprint density at radius 2 is 1.94 bits per heavy atom. The molecule has 2 amide bonds. The summed E-state index contributed by atoms with van der Waals surface area (Å²) in [6.45, 7) is 3.68. The fourth-order valence-corrected chi connectivity index (χ4v) is 6.27. The Bertz CT molecular complexity index is 803. The first kappa shape index (κ1) is 22.2. The number of carbonyl (C=O) groups excluding carboxylic acids is 2. The second-order valence-corrected chi connectivity index (χ2v) is 10.1. The lowest BCUT2D eigenvalue weighted by molar-refractivity contribution is -0.125. The number of amides is 2. The van der Waals surface area contributed by atoms with Crippen molar-refractivity contribution in [3.8, 4) is 6.07 Å². The molecule has 0 aromatic heterocycles. The van der Waals surface area contributed by atoms with Gasteiger partial charge in [-0.05, 0) is 64.7 Å². The number of halogens is 2. The van der Waals surface area contributed by atoms with Crippen molar-refractivity contribution in [2.45, 2.75) is 89.6 Å². The van der Waals surface area contributed by atoms with Crippen molar-refractivity contribution >= 4 is 11.8 Å². The summed E-state index contributed by atoms with van der Waals surface area (Å²) >= 11 is 0. The normalized spacial score (nSPS) is 39.2. The maximum absolute atomic E-state index is 14.8. The van der Waals surface area contributed by atoms with Gasteiger partial charge in [0.1, 0.15) is 12.3 Å². The summed E-state index contributed by atoms with van der Waals surface area (Å²) in [4.78, 5) is 25.5. The number of alkyl halides is 2. The Morgan fingerprint density at radius 3 is 2.58 bits per heavy atom. The van der Waals surface area contributed by atoms with E-state index in [2.05, 4.69) is 16.7 Å². The van der Waals surface area contributed by atoms with Gasteiger partial charge in [-0.15, -0.1) is 0 Å². The van der Waals surface area contributed by atoms with E-state index in [1.54, 1.807) is 6.92 Å². The molecule has 0 aromatic carbocycles. The van der Waals surface area contributed by atoms with E-state index < -0.39 is 12.3 Å². The lowest BCUT2D eigenvalue weighted by Crippen LogP contribution is -2.54. The maximum atomic E-state index is 14.8. The number of nitriles is 1. The molecule has 8 atom stereocenters. The highest BCUT2D eigenvalue weighted by atomic mass is 19.1. The summed E-state index contributed by atoms with van der Waals surface area (Å²) in [7, 11) is 0. The molecular formula is C24H33F2N3O2. The second-order valence-electron chi connectivity index (χ2n) is 10.1. The van der Waals surface area contributed by atoms with Crippen molar-refractivity contribution in [3.05, 3.63) is 11.1 Å². The Balaban J connectivity index is 1.43. The molecule has 0 radical (unpaired) electrons. The van der Waals surface area contributed by atoms with Gasteiger partial charge in [0.15, 0.2) is 0 Å². The van der Waals surface area contributed by atoms with Crippen LogP contribution < -0.4 is 10.6 Å². The van der Waals surface area contributed by atoms with E-state index in [0.29, 0.717) is 37.2 Å². The first-order valence-corrected chi connectivity index (χ1v) is 11.8. The molecule has 4 aliphatic rings. The largest absolute Gasteiger partial charge is 0.353 e. The van der Waals surface area contributed by atoms with Crippen LogP contribution in [0.4, 0.5) is 8.78 Å². The van der Waals surface area contributed by atoms with Gasteiger partial charge in [-0.1, -0.05) is 5.57 Å². The van der Waals surface area contributed by atoms with Crippen LogP contribution in [0.3, 0.4) is 0 Å². The van der Waals surface area contributed by atoms with Gasteiger partial charge < -0.3 is 10.6 Å². The highest BCUT2D eigenvalue weighted by Gasteiger charge is 2.50. The number of fused-ring (bicyclic) bond motifs is 1. The fraction of sp³-hybridized carbons (Fsp3) is 0.792. The molecule has 1 heterocycles. The quantitative estimate of drug-likeness (QED) is 0.693. The third-order valence-corrected chi connectivity index (χ3v) is 8.13. The smallest absolute Gasteiger partial charge is 0.247 e.